The van der Waals surface area contributed by atoms with Crippen LogP contribution in [0.1, 0.15) is 30.0 Å². The Morgan fingerprint density at radius 3 is 2.42 bits per heavy atom. The molecule has 2 aromatic rings. The lowest BCUT2D eigenvalue weighted by atomic mass is 10.1. The van der Waals surface area contributed by atoms with Crippen LogP contribution in [-0.4, -0.2) is 12.0 Å². The minimum absolute atomic E-state index is 0.00821. The van der Waals surface area contributed by atoms with E-state index in [9.17, 15) is 18.0 Å². The number of halogens is 4. The van der Waals surface area contributed by atoms with Crippen LogP contribution in [0.15, 0.2) is 36.4 Å². The standard InChI is InChI=1S/C19H19ClF3NO2/c1-4-17(26-14-7-5-11(2)12(3)9-14)18(25)24-13-6-8-16(20)15(10-13)19(21,22)23/h5-10,17H,4H2,1-3H3,(H,24,25)/t17-/m0/s1. The fraction of sp³-hybridized carbons (Fsp3) is 0.316. The molecule has 0 spiro atoms. The number of hydrogen-bond acceptors (Lipinski definition) is 2. The molecule has 0 bridgehead atoms. The summed E-state index contributed by atoms with van der Waals surface area (Å²) < 4.78 is 44.5. The number of amides is 1. The zero-order valence-electron chi connectivity index (χ0n) is 14.6. The molecule has 0 aliphatic rings. The predicted molar refractivity (Wildman–Crippen MR) is 95.7 cm³/mol. The summed E-state index contributed by atoms with van der Waals surface area (Å²) in [5.41, 5.74) is 1.12. The molecule has 3 nitrogen and oxygen atoms in total. The molecule has 0 saturated carbocycles. The van der Waals surface area contributed by atoms with Crippen LogP contribution in [0.3, 0.4) is 0 Å². The van der Waals surface area contributed by atoms with Gasteiger partial charge in [-0.3, -0.25) is 4.79 Å². The second kappa shape index (κ2) is 7.99. The molecule has 0 radical (unpaired) electrons. The van der Waals surface area contributed by atoms with Crippen molar-refractivity contribution in [3.63, 3.8) is 0 Å². The third-order valence-electron chi connectivity index (χ3n) is 3.96. The lowest BCUT2D eigenvalue weighted by Gasteiger charge is -2.18. The minimum atomic E-state index is -4.60. The van der Waals surface area contributed by atoms with Gasteiger partial charge in [0.1, 0.15) is 5.75 Å². The van der Waals surface area contributed by atoms with Crippen LogP contribution in [0.2, 0.25) is 5.02 Å². The van der Waals surface area contributed by atoms with Gasteiger partial charge < -0.3 is 10.1 Å². The highest BCUT2D eigenvalue weighted by atomic mass is 35.5. The molecule has 0 aliphatic carbocycles. The minimum Gasteiger partial charge on any atom is -0.481 e. The fourth-order valence-electron chi connectivity index (χ4n) is 2.32. The molecule has 0 aromatic heterocycles. The Kier molecular flexibility index (Phi) is 6.18. The van der Waals surface area contributed by atoms with E-state index in [2.05, 4.69) is 5.32 Å². The van der Waals surface area contributed by atoms with E-state index in [1.54, 1.807) is 13.0 Å². The second-order valence-electron chi connectivity index (χ2n) is 5.94. The van der Waals surface area contributed by atoms with Crippen LogP contribution >= 0.6 is 11.6 Å². The van der Waals surface area contributed by atoms with E-state index in [0.717, 1.165) is 23.3 Å². The number of carbonyl (C=O) groups excluding carboxylic acids is 1. The fourth-order valence-corrected chi connectivity index (χ4v) is 2.54. The third kappa shape index (κ3) is 4.91. The van der Waals surface area contributed by atoms with Gasteiger partial charge in [-0.2, -0.15) is 13.2 Å². The van der Waals surface area contributed by atoms with Crippen molar-refractivity contribution < 1.29 is 22.7 Å². The van der Waals surface area contributed by atoms with Crippen LogP contribution in [-0.2, 0) is 11.0 Å². The van der Waals surface area contributed by atoms with Gasteiger partial charge in [0.15, 0.2) is 6.10 Å². The molecule has 0 aliphatic heterocycles. The first-order valence-electron chi connectivity index (χ1n) is 8.03. The van der Waals surface area contributed by atoms with Crippen molar-refractivity contribution in [1.29, 1.82) is 0 Å². The quantitative estimate of drug-likeness (QED) is 0.709. The Morgan fingerprint density at radius 1 is 1.15 bits per heavy atom. The van der Waals surface area contributed by atoms with Gasteiger partial charge in [0.05, 0.1) is 10.6 Å². The van der Waals surface area contributed by atoms with Crippen molar-refractivity contribution in [2.24, 2.45) is 0 Å². The van der Waals surface area contributed by atoms with E-state index in [4.69, 9.17) is 16.3 Å². The number of ether oxygens (including phenoxy) is 1. The van der Waals surface area contributed by atoms with Crippen LogP contribution in [0.25, 0.3) is 0 Å². The van der Waals surface area contributed by atoms with Crippen LogP contribution in [0.4, 0.5) is 18.9 Å². The Labute approximate surface area is 155 Å². The van der Waals surface area contributed by atoms with Crippen molar-refractivity contribution in [3.05, 3.63) is 58.1 Å². The first-order chi connectivity index (χ1) is 12.1. The molecule has 1 N–H and O–H groups in total. The summed E-state index contributed by atoms with van der Waals surface area (Å²) in [5, 5.41) is 2.03. The van der Waals surface area contributed by atoms with Gasteiger partial charge in [0.2, 0.25) is 0 Å². The lowest BCUT2D eigenvalue weighted by molar-refractivity contribution is -0.137. The van der Waals surface area contributed by atoms with Crippen molar-refractivity contribution in [2.45, 2.75) is 39.5 Å². The highest BCUT2D eigenvalue weighted by Crippen LogP contribution is 2.36. The molecule has 7 heteroatoms. The summed E-state index contributed by atoms with van der Waals surface area (Å²) in [6.45, 7) is 5.64. The van der Waals surface area contributed by atoms with Gasteiger partial charge in [0, 0.05) is 5.69 Å². The number of carbonyl (C=O) groups is 1. The lowest BCUT2D eigenvalue weighted by Crippen LogP contribution is -2.32. The summed E-state index contributed by atoms with van der Waals surface area (Å²) in [6.07, 6.45) is -5.07. The molecule has 0 unspecified atom stereocenters. The van der Waals surface area contributed by atoms with E-state index in [-0.39, 0.29) is 5.69 Å². The molecule has 1 atom stereocenters. The zero-order chi connectivity index (χ0) is 19.5. The zero-order valence-corrected chi connectivity index (χ0v) is 15.3. The van der Waals surface area contributed by atoms with Gasteiger partial charge in [-0.25, -0.2) is 0 Å². The normalized spacial score (nSPS) is 12.6. The van der Waals surface area contributed by atoms with Gasteiger partial charge in [-0.1, -0.05) is 24.6 Å². The topological polar surface area (TPSA) is 38.3 Å². The van der Waals surface area contributed by atoms with E-state index < -0.39 is 28.8 Å². The van der Waals surface area contributed by atoms with Gasteiger partial charge in [0.25, 0.3) is 5.91 Å². The summed E-state index contributed by atoms with van der Waals surface area (Å²) >= 11 is 5.58. The summed E-state index contributed by atoms with van der Waals surface area (Å²) in [6, 6.07) is 8.67. The molecule has 2 aromatic carbocycles. The third-order valence-corrected chi connectivity index (χ3v) is 4.29. The van der Waals surface area contributed by atoms with Crippen molar-refractivity contribution in [3.8, 4) is 5.75 Å². The summed E-state index contributed by atoms with van der Waals surface area (Å²) in [4.78, 5) is 12.4. The first kappa shape index (κ1) is 20.1. The molecular weight excluding hydrogens is 367 g/mol. The van der Waals surface area contributed by atoms with E-state index in [0.29, 0.717) is 12.2 Å². The SMILES string of the molecule is CC[C@H](Oc1ccc(C)c(C)c1)C(=O)Nc1ccc(Cl)c(C(F)(F)F)c1. The summed E-state index contributed by atoms with van der Waals surface area (Å²) in [5.74, 6) is 0.00311. The van der Waals surface area contributed by atoms with E-state index in [1.807, 2.05) is 26.0 Å². The molecule has 0 heterocycles. The van der Waals surface area contributed by atoms with Crippen LogP contribution in [0.5, 0.6) is 5.75 Å². The average molecular weight is 386 g/mol. The smallest absolute Gasteiger partial charge is 0.417 e. The molecule has 0 saturated heterocycles. The number of nitrogens with one attached hydrogen (secondary N) is 1. The largest absolute Gasteiger partial charge is 0.481 e. The van der Waals surface area contributed by atoms with Gasteiger partial charge in [-0.15, -0.1) is 0 Å². The Hall–Kier alpha value is -2.21. The predicted octanol–water partition coefficient (Wildman–Crippen LogP) is 5.77. The molecule has 1 amide bonds. The highest BCUT2D eigenvalue weighted by Gasteiger charge is 2.33. The summed E-state index contributed by atoms with van der Waals surface area (Å²) in [7, 11) is 0. The number of alkyl halides is 3. The Balaban J connectivity index is 2.15. The molecule has 0 fully saturated rings. The number of aryl methyl sites for hydroxylation is 2. The Bertz CT molecular complexity index is 806. The number of hydrogen-bond donors (Lipinski definition) is 1. The molecule has 2 rings (SSSR count). The monoisotopic (exact) mass is 385 g/mol. The maximum absolute atomic E-state index is 12.9. The van der Waals surface area contributed by atoms with Crippen molar-refractivity contribution >= 4 is 23.2 Å². The molecule has 26 heavy (non-hydrogen) atoms. The molecular formula is C19H19ClF3NO2. The number of rotatable bonds is 5. The maximum atomic E-state index is 12.9. The van der Waals surface area contributed by atoms with Crippen molar-refractivity contribution in [1.82, 2.24) is 0 Å². The van der Waals surface area contributed by atoms with E-state index in [1.165, 1.54) is 6.07 Å². The van der Waals surface area contributed by atoms with Crippen LogP contribution < -0.4 is 10.1 Å². The van der Waals surface area contributed by atoms with Gasteiger partial charge in [-0.05, 0) is 61.7 Å². The highest BCUT2D eigenvalue weighted by molar-refractivity contribution is 6.31. The number of anilines is 1. The first-order valence-corrected chi connectivity index (χ1v) is 8.41. The van der Waals surface area contributed by atoms with Gasteiger partial charge >= 0.3 is 6.18 Å². The second-order valence-corrected chi connectivity index (χ2v) is 6.35. The van der Waals surface area contributed by atoms with E-state index >= 15 is 0 Å². The van der Waals surface area contributed by atoms with Crippen LogP contribution in [0, 0.1) is 13.8 Å². The molecule has 140 valence electrons. The Morgan fingerprint density at radius 2 is 1.85 bits per heavy atom. The van der Waals surface area contributed by atoms with Crippen molar-refractivity contribution in [2.75, 3.05) is 5.32 Å². The maximum Gasteiger partial charge on any atom is 0.417 e. The number of benzene rings is 2. The average Bonchev–Trinajstić information content (AvgIpc) is 2.56.